The molecule has 0 bridgehead atoms. The number of unbranched alkanes of at least 4 members (excludes halogenated alkanes) is 10. The molecule has 0 rings (SSSR count). The fraction of sp³-hybridized carbons (Fsp3) is 0.862. The molecule has 0 saturated carbocycles. The van der Waals surface area contributed by atoms with Crippen molar-refractivity contribution in [3.63, 3.8) is 0 Å². The van der Waals surface area contributed by atoms with E-state index in [1.165, 1.54) is 57.8 Å². The van der Waals surface area contributed by atoms with E-state index in [1.807, 2.05) is 0 Å². The summed E-state index contributed by atoms with van der Waals surface area (Å²) in [5.41, 5.74) is 0. The third-order valence-corrected chi connectivity index (χ3v) is 6.15. The number of nitrogens with zero attached hydrogens (tertiary/aromatic N) is 2. The molecule has 0 aliphatic carbocycles. The van der Waals surface area contributed by atoms with Crippen LogP contribution in [0.25, 0.3) is 0 Å². The van der Waals surface area contributed by atoms with Gasteiger partial charge in [-0.15, -0.1) is 0 Å². The summed E-state index contributed by atoms with van der Waals surface area (Å²) in [6.07, 6.45) is 22.5. The monoisotopic (exact) mass is 494 g/mol. The van der Waals surface area contributed by atoms with Gasteiger partial charge in [-0.25, -0.2) is 0 Å². The highest BCUT2D eigenvalue weighted by Crippen LogP contribution is 2.10. The Morgan fingerprint density at radius 3 is 1.66 bits per heavy atom. The van der Waals surface area contributed by atoms with Crippen molar-refractivity contribution in [2.24, 2.45) is 0 Å². The molecule has 0 aliphatic rings. The van der Waals surface area contributed by atoms with E-state index in [4.69, 9.17) is 0 Å². The van der Waals surface area contributed by atoms with Gasteiger partial charge < -0.3 is 20.4 Å². The Morgan fingerprint density at radius 1 is 0.600 bits per heavy atom. The lowest BCUT2D eigenvalue weighted by atomic mass is 10.1. The number of Topliss-reactive ketones (excluding diaryl/α,β-unsaturated/α-hetero) is 1. The van der Waals surface area contributed by atoms with Crippen molar-refractivity contribution in [1.29, 1.82) is 0 Å². The molecule has 35 heavy (non-hydrogen) atoms. The van der Waals surface area contributed by atoms with Crippen molar-refractivity contribution >= 4 is 11.7 Å². The molecule has 206 valence electrons. The first-order chi connectivity index (χ1) is 16.9. The summed E-state index contributed by atoms with van der Waals surface area (Å²) in [6.45, 7) is 4.34. The normalized spacial score (nSPS) is 11.7. The quantitative estimate of drug-likeness (QED) is 0.128. The summed E-state index contributed by atoms with van der Waals surface area (Å²) < 4.78 is 0. The fourth-order valence-electron chi connectivity index (χ4n) is 3.98. The minimum atomic E-state index is 0.208. The van der Waals surface area contributed by atoms with E-state index in [2.05, 4.69) is 60.8 Å². The Balaban J connectivity index is 3.28. The Hall–Kier alpha value is -1.24. The standard InChI is InChI=1S/C29H58N4O2/c1-32(2)25-19-23-30-27-28(34)21-17-15-13-11-9-7-5-6-8-10-12-14-16-18-22-29(35)31-24-20-26-33(3)4/h5-6,30H,7-27H2,1-4H3,(H,31,35). The number of carbonyl (C=O) groups is 2. The van der Waals surface area contributed by atoms with Gasteiger partial charge in [-0.1, -0.05) is 50.7 Å². The molecule has 0 saturated heterocycles. The van der Waals surface area contributed by atoms with Crippen LogP contribution < -0.4 is 10.6 Å². The molecule has 0 unspecified atom stereocenters. The summed E-state index contributed by atoms with van der Waals surface area (Å²) >= 11 is 0. The second-order valence-electron chi connectivity index (χ2n) is 10.5. The molecule has 6 nitrogen and oxygen atoms in total. The Kier molecular flexibility index (Phi) is 24.9. The van der Waals surface area contributed by atoms with Crippen LogP contribution in [-0.4, -0.2) is 82.4 Å². The number of ketones is 1. The molecule has 0 radical (unpaired) electrons. The Morgan fingerprint density at radius 2 is 1.09 bits per heavy atom. The second-order valence-corrected chi connectivity index (χ2v) is 10.5. The van der Waals surface area contributed by atoms with Gasteiger partial charge in [-0.3, -0.25) is 9.59 Å². The Bertz CT molecular complexity index is 521. The molecule has 0 fully saturated rings. The number of carbonyl (C=O) groups excluding carboxylic acids is 2. The zero-order chi connectivity index (χ0) is 26.0. The van der Waals surface area contributed by atoms with Crippen molar-refractivity contribution in [3.05, 3.63) is 12.2 Å². The lowest BCUT2D eigenvalue weighted by molar-refractivity contribution is -0.121. The van der Waals surface area contributed by atoms with E-state index in [0.717, 1.165) is 64.7 Å². The zero-order valence-corrected chi connectivity index (χ0v) is 23.7. The molecule has 1 amide bonds. The van der Waals surface area contributed by atoms with Gasteiger partial charge in [0.25, 0.3) is 0 Å². The summed E-state index contributed by atoms with van der Waals surface area (Å²) in [7, 11) is 8.27. The molecule has 2 N–H and O–H groups in total. The van der Waals surface area contributed by atoms with Gasteiger partial charge >= 0.3 is 0 Å². The van der Waals surface area contributed by atoms with Crippen molar-refractivity contribution in [2.45, 2.75) is 103 Å². The molecular formula is C29H58N4O2. The molecule has 0 spiro atoms. The topological polar surface area (TPSA) is 64.7 Å². The molecule has 0 aliphatic heterocycles. The summed E-state index contributed by atoms with van der Waals surface area (Å²) in [5, 5.41) is 6.27. The van der Waals surface area contributed by atoms with E-state index in [-0.39, 0.29) is 5.91 Å². The first-order valence-electron chi connectivity index (χ1n) is 14.4. The number of nitrogens with one attached hydrogen (secondary N) is 2. The van der Waals surface area contributed by atoms with Crippen LogP contribution >= 0.6 is 0 Å². The van der Waals surface area contributed by atoms with E-state index in [1.54, 1.807) is 0 Å². The molecular weight excluding hydrogens is 436 g/mol. The van der Waals surface area contributed by atoms with Crippen LogP contribution in [0, 0.1) is 0 Å². The lowest BCUT2D eigenvalue weighted by Gasteiger charge is -2.09. The summed E-state index contributed by atoms with van der Waals surface area (Å²) in [4.78, 5) is 27.9. The van der Waals surface area contributed by atoms with Crippen LogP contribution in [0.15, 0.2) is 12.2 Å². The van der Waals surface area contributed by atoms with Gasteiger partial charge in [-0.05, 0) is 99.2 Å². The van der Waals surface area contributed by atoms with E-state index < -0.39 is 0 Å². The maximum Gasteiger partial charge on any atom is 0.219 e. The molecule has 0 aromatic heterocycles. The maximum atomic E-state index is 11.9. The van der Waals surface area contributed by atoms with E-state index >= 15 is 0 Å². The van der Waals surface area contributed by atoms with Gasteiger partial charge in [0.15, 0.2) is 0 Å². The average molecular weight is 495 g/mol. The van der Waals surface area contributed by atoms with Crippen LogP contribution in [0.4, 0.5) is 0 Å². The highest BCUT2D eigenvalue weighted by molar-refractivity contribution is 5.80. The number of hydrogen-bond donors (Lipinski definition) is 2. The van der Waals surface area contributed by atoms with Crippen LogP contribution in [0.5, 0.6) is 0 Å². The van der Waals surface area contributed by atoms with Gasteiger partial charge in [-0.2, -0.15) is 0 Å². The largest absolute Gasteiger partial charge is 0.356 e. The van der Waals surface area contributed by atoms with Crippen molar-refractivity contribution in [3.8, 4) is 0 Å². The lowest BCUT2D eigenvalue weighted by Crippen LogP contribution is -2.26. The van der Waals surface area contributed by atoms with Gasteiger partial charge in [0, 0.05) is 19.4 Å². The van der Waals surface area contributed by atoms with Gasteiger partial charge in [0.2, 0.25) is 5.91 Å². The first-order valence-corrected chi connectivity index (χ1v) is 14.4. The SMILES string of the molecule is CN(C)CCCNCC(=O)CCCCCCCC=CCCCCCCCC(=O)NCCCN(C)C. The third-order valence-electron chi connectivity index (χ3n) is 6.15. The number of allylic oxidation sites excluding steroid dienone is 2. The third kappa shape index (κ3) is 28.9. The molecule has 0 aromatic carbocycles. The first kappa shape index (κ1) is 33.8. The van der Waals surface area contributed by atoms with Gasteiger partial charge in [0.05, 0.1) is 6.54 Å². The van der Waals surface area contributed by atoms with Crippen molar-refractivity contribution in [2.75, 3.05) is 60.9 Å². The number of amides is 1. The molecule has 0 aromatic rings. The van der Waals surface area contributed by atoms with Gasteiger partial charge in [0.1, 0.15) is 5.78 Å². The molecule has 0 heterocycles. The average Bonchev–Trinajstić information content (AvgIpc) is 2.81. The Labute approximate surface area is 217 Å². The summed E-state index contributed by atoms with van der Waals surface area (Å²) in [6, 6.07) is 0. The predicted octanol–water partition coefficient (Wildman–Crippen LogP) is 5.18. The second kappa shape index (κ2) is 25.8. The highest BCUT2D eigenvalue weighted by Gasteiger charge is 2.02. The smallest absolute Gasteiger partial charge is 0.219 e. The molecule has 6 heteroatoms. The van der Waals surface area contributed by atoms with Crippen LogP contribution in [0.1, 0.15) is 103 Å². The van der Waals surface area contributed by atoms with Crippen molar-refractivity contribution in [1.82, 2.24) is 20.4 Å². The fourth-order valence-corrected chi connectivity index (χ4v) is 3.98. The molecule has 0 atom stereocenters. The highest BCUT2D eigenvalue weighted by atomic mass is 16.1. The minimum absolute atomic E-state index is 0.208. The summed E-state index contributed by atoms with van der Waals surface area (Å²) in [5.74, 6) is 0.563. The van der Waals surface area contributed by atoms with E-state index in [0.29, 0.717) is 18.7 Å². The number of rotatable bonds is 26. The van der Waals surface area contributed by atoms with Crippen molar-refractivity contribution < 1.29 is 9.59 Å². The zero-order valence-electron chi connectivity index (χ0n) is 23.7. The van der Waals surface area contributed by atoms with Crippen LogP contribution in [-0.2, 0) is 9.59 Å². The van der Waals surface area contributed by atoms with Crippen LogP contribution in [0.2, 0.25) is 0 Å². The maximum absolute atomic E-state index is 11.9. The number of hydrogen-bond acceptors (Lipinski definition) is 5. The predicted molar refractivity (Wildman–Crippen MR) is 151 cm³/mol. The van der Waals surface area contributed by atoms with E-state index in [9.17, 15) is 9.59 Å². The minimum Gasteiger partial charge on any atom is -0.356 e. The van der Waals surface area contributed by atoms with Crippen LogP contribution in [0.3, 0.4) is 0 Å².